The van der Waals surface area contributed by atoms with E-state index in [1.807, 2.05) is 6.92 Å². The number of hydrogen-bond donors (Lipinski definition) is 2. The van der Waals surface area contributed by atoms with Crippen LogP contribution in [-0.4, -0.2) is 40.6 Å². The molecular weight excluding hydrogens is 398 g/mol. The summed E-state index contributed by atoms with van der Waals surface area (Å²) in [4.78, 5) is 12.7. The Labute approximate surface area is 156 Å². The number of primary sulfonamides is 1. The summed E-state index contributed by atoms with van der Waals surface area (Å²) in [7, 11) is -6.23. The van der Waals surface area contributed by atoms with E-state index in [2.05, 4.69) is 5.32 Å². The fraction of sp³-hybridized carbons (Fsp3) is 0.267. The number of likely N-dealkylation sites (N-methyl/N-ethyl adjacent to an activating group) is 1. The lowest BCUT2D eigenvalue weighted by Gasteiger charge is -2.17. The van der Waals surface area contributed by atoms with Crippen LogP contribution in [-0.2, 0) is 31.4 Å². The fourth-order valence-electron chi connectivity index (χ4n) is 2.03. The molecule has 0 aliphatic carbocycles. The van der Waals surface area contributed by atoms with E-state index in [1.54, 1.807) is 12.1 Å². The van der Waals surface area contributed by atoms with Crippen LogP contribution in [0.2, 0.25) is 0 Å². The predicted octanol–water partition coefficient (Wildman–Crippen LogP) is 0.641. The van der Waals surface area contributed by atoms with Crippen LogP contribution < -0.4 is 10.5 Å². The van der Waals surface area contributed by atoms with Crippen LogP contribution >= 0.6 is 11.3 Å². The number of rotatable bonds is 7. The van der Waals surface area contributed by atoms with Gasteiger partial charge in [-0.25, -0.2) is 22.0 Å². The first-order valence-corrected chi connectivity index (χ1v) is 11.2. The number of hydrogen-bond acceptors (Lipinski definition) is 6. The standard InChI is InChI=1S/C15H19N3O5S3/c1-11-3-6-13(7-4-11)26(22,23)18(2)10-14(19)17-9-12-5-8-15(24-12)25(16,20)21/h3-8H,9-10H2,1-2H3,(H,17,19)(H2,16,20,21). The average molecular weight is 418 g/mol. The van der Waals surface area contributed by atoms with Gasteiger partial charge in [0.1, 0.15) is 4.21 Å². The fourth-order valence-corrected chi connectivity index (χ4v) is 4.87. The quantitative estimate of drug-likeness (QED) is 0.684. The Kier molecular flexibility index (Phi) is 6.19. The Morgan fingerprint density at radius 1 is 1.12 bits per heavy atom. The predicted molar refractivity (Wildman–Crippen MR) is 98.5 cm³/mol. The largest absolute Gasteiger partial charge is 0.350 e. The second-order valence-electron chi connectivity index (χ2n) is 5.62. The topological polar surface area (TPSA) is 127 Å². The van der Waals surface area contributed by atoms with E-state index in [1.165, 1.54) is 31.3 Å². The van der Waals surface area contributed by atoms with Gasteiger partial charge >= 0.3 is 0 Å². The van der Waals surface area contributed by atoms with E-state index in [-0.39, 0.29) is 22.2 Å². The van der Waals surface area contributed by atoms with E-state index >= 15 is 0 Å². The van der Waals surface area contributed by atoms with E-state index < -0.39 is 26.0 Å². The van der Waals surface area contributed by atoms with Gasteiger partial charge in [0.05, 0.1) is 18.0 Å². The summed E-state index contributed by atoms with van der Waals surface area (Å²) in [6.45, 7) is 1.57. The molecule has 11 heteroatoms. The van der Waals surface area contributed by atoms with Crippen LogP contribution in [0.1, 0.15) is 10.4 Å². The minimum Gasteiger partial charge on any atom is -0.350 e. The maximum atomic E-state index is 12.4. The zero-order valence-electron chi connectivity index (χ0n) is 14.2. The number of nitrogens with one attached hydrogen (secondary N) is 1. The van der Waals surface area contributed by atoms with Gasteiger partial charge in [-0.2, -0.15) is 4.31 Å². The van der Waals surface area contributed by atoms with Crippen LogP contribution in [0.5, 0.6) is 0 Å². The minimum atomic E-state index is -3.77. The third-order valence-corrected chi connectivity index (χ3v) is 7.81. The molecular formula is C15H19N3O5S3. The monoisotopic (exact) mass is 417 g/mol. The molecule has 0 atom stereocenters. The average Bonchev–Trinajstić information content (AvgIpc) is 3.02. The van der Waals surface area contributed by atoms with Crippen molar-refractivity contribution in [1.82, 2.24) is 9.62 Å². The van der Waals surface area contributed by atoms with Gasteiger partial charge in [0.25, 0.3) is 0 Å². The van der Waals surface area contributed by atoms with Crippen LogP contribution in [0, 0.1) is 6.92 Å². The second-order valence-corrected chi connectivity index (χ2v) is 10.6. The number of amides is 1. The Hall–Kier alpha value is -1.79. The molecule has 3 N–H and O–H groups in total. The molecule has 0 spiro atoms. The number of nitrogens with two attached hydrogens (primary N) is 1. The number of benzene rings is 1. The maximum absolute atomic E-state index is 12.4. The van der Waals surface area contributed by atoms with Crippen molar-refractivity contribution in [2.24, 2.45) is 5.14 Å². The molecule has 1 heterocycles. The van der Waals surface area contributed by atoms with E-state index in [0.29, 0.717) is 4.88 Å². The van der Waals surface area contributed by atoms with Crippen molar-refractivity contribution in [1.29, 1.82) is 0 Å². The highest BCUT2D eigenvalue weighted by molar-refractivity contribution is 7.91. The van der Waals surface area contributed by atoms with Gasteiger partial charge in [0.15, 0.2) is 0 Å². The number of carbonyl (C=O) groups excluding carboxylic acids is 1. The number of aryl methyl sites for hydroxylation is 1. The molecule has 0 fully saturated rings. The lowest BCUT2D eigenvalue weighted by Crippen LogP contribution is -2.38. The van der Waals surface area contributed by atoms with Crippen LogP contribution in [0.15, 0.2) is 45.5 Å². The summed E-state index contributed by atoms with van der Waals surface area (Å²) < 4.78 is 48.3. The highest BCUT2D eigenvalue weighted by Crippen LogP contribution is 2.20. The van der Waals surface area contributed by atoms with Crippen molar-refractivity contribution >= 4 is 37.3 Å². The summed E-state index contributed by atoms with van der Waals surface area (Å²) in [5.74, 6) is -0.506. The maximum Gasteiger partial charge on any atom is 0.247 e. The molecule has 1 aromatic heterocycles. The zero-order chi connectivity index (χ0) is 19.5. The molecule has 2 rings (SSSR count). The van der Waals surface area contributed by atoms with Crippen LogP contribution in [0.25, 0.3) is 0 Å². The highest BCUT2D eigenvalue weighted by atomic mass is 32.2. The zero-order valence-corrected chi connectivity index (χ0v) is 16.6. The van der Waals surface area contributed by atoms with Gasteiger partial charge in [-0.05, 0) is 31.2 Å². The van der Waals surface area contributed by atoms with Crippen molar-refractivity contribution in [2.75, 3.05) is 13.6 Å². The third-order valence-electron chi connectivity index (χ3n) is 3.47. The smallest absolute Gasteiger partial charge is 0.247 e. The van der Waals surface area contributed by atoms with Gasteiger partial charge in [0, 0.05) is 11.9 Å². The molecule has 8 nitrogen and oxygen atoms in total. The van der Waals surface area contributed by atoms with Gasteiger partial charge < -0.3 is 5.32 Å². The summed E-state index contributed by atoms with van der Waals surface area (Å²) in [5.41, 5.74) is 0.930. The molecule has 0 saturated heterocycles. The van der Waals surface area contributed by atoms with E-state index in [0.717, 1.165) is 21.2 Å². The van der Waals surface area contributed by atoms with Gasteiger partial charge in [-0.15, -0.1) is 11.3 Å². The van der Waals surface area contributed by atoms with Gasteiger partial charge in [-0.3, -0.25) is 4.79 Å². The van der Waals surface area contributed by atoms with Crippen molar-refractivity contribution in [2.45, 2.75) is 22.6 Å². The summed E-state index contributed by atoms with van der Waals surface area (Å²) in [6, 6.07) is 9.23. The molecule has 1 aromatic carbocycles. The Bertz CT molecular complexity index is 995. The molecule has 0 radical (unpaired) electrons. The summed E-state index contributed by atoms with van der Waals surface area (Å²) in [6.07, 6.45) is 0. The first kappa shape index (κ1) is 20.5. The number of sulfonamides is 2. The molecule has 0 saturated carbocycles. The first-order valence-electron chi connectivity index (χ1n) is 7.41. The summed E-state index contributed by atoms with van der Waals surface area (Å²) >= 11 is 0.945. The number of carbonyl (C=O) groups is 1. The SMILES string of the molecule is Cc1ccc(S(=O)(=O)N(C)CC(=O)NCc2ccc(S(N)(=O)=O)s2)cc1. The molecule has 1 amide bonds. The third kappa shape index (κ3) is 5.11. The molecule has 2 aromatic rings. The summed E-state index contributed by atoms with van der Waals surface area (Å²) in [5, 5.41) is 7.58. The molecule has 142 valence electrons. The van der Waals surface area contributed by atoms with Crippen LogP contribution in [0.4, 0.5) is 0 Å². The van der Waals surface area contributed by atoms with Crippen molar-refractivity contribution in [3.05, 3.63) is 46.8 Å². The Morgan fingerprint density at radius 2 is 1.73 bits per heavy atom. The van der Waals surface area contributed by atoms with E-state index in [9.17, 15) is 21.6 Å². The van der Waals surface area contributed by atoms with E-state index in [4.69, 9.17) is 5.14 Å². The molecule has 0 unspecified atom stereocenters. The van der Waals surface area contributed by atoms with Crippen molar-refractivity contribution in [3.8, 4) is 0 Å². The van der Waals surface area contributed by atoms with Gasteiger partial charge in [0.2, 0.25) is 26.0 Å². The van der Waals surface area contributed by atoms with Crippen LogP contribution in [0.3, 0.4) is 0 Å². The number of thiophene rings is 1. The second kappa shape index (κ2) is 7.84. The molecule has 0 aliphatic heterocycles. The lowest BCUT2D eigenvalue weighted by atomic mass is 10.2. The molecule has 0 bridgehead atoms. The van der Waals surface area contributed by atoms with Crippen molar-refractivity contribution < 1.29 is 21.6 Å². The Balaban J connectivity index is 1.96. The molecule has 26 heavy (non-hydrogen) atoms. The number of nitrogens with zero attached hydrogens (tertiary/aromatic N) is 1. The Morgan fingerprint density at radius 3 is 2.27 bits per heavy atom. The van der Waals surface area contributed by atoms with Crippen molar-refractivity contribution in [3.63, 3.8) is 0 Å². The normalized spacial score (nSPS) is 12.3. The van der Waals surface area contributed by atoms with Gasteiger partial charge in [-0.1, -0.05) is 17.7 Å². The first-order chi connectivity index (χ1) is 12.0. The molecule has 0 aliphatic rings. The minimum absolute atomic E-state index is 0.000755. The highest BCUT2D eigenvalue weighted by Gasteiger charge is 2.22. The lowest BCUT2D eigenvalue weighted by molar-refractivity contribution is -0.121.